The first-order chi connectivity index (χ1) is 10.7. The third-order valence-corrected chi connectivity index (χ3v) is 5.28. The lowest BCUT2D eigenvalue weighted by Gasteiger charge is -2.35. The minimum absolute atomic E-state index is 0.0729. The molecule has 2 heterocycles. The van der Waals surface area contributed by atoms with Crippen LogP contribution < -0.4 is 10.6 Å². The van der Waals surface area contributed by atoms with Gasteiger partial charge in [-0.05, 0) is 41.1 Å². The van der Waals surface area contributed by atoms with Gasteiger partial charge < -0.3 is 20.1 Å². The molecule has 0 bridgehead atoms. The zero-order valence-electron chi connectivity index (χ0n) is 13.0. The van der Waals surface area contributed by atoms with Crippen LogP contribution in [-0.2, 0) is 9.47 Å². The fraction of sp³-hybridized carbons (Fsp3) is 0.688. The van der Waals surface area contributed by atoms with Crippen LogP contribution in [0.2, 0.25) is 0 Å². The molecule has 1 aromatic rings. The van der Waals surface area contributed by atoms with E-state index in [9.17, 15) is 4.79 Å². The molecule has 1 atom stereocenters. The maximum Gasteiger partial charge on any atom is 0.315 e. The molecule has 1 aromatic heterocycles. The van der Waals surface area contributed by atoms with E-state index in [0.717, 1.165) is 25.7 Å². The maximum absolute atomic E-state index is 12.0. The fourth-order valence-electron chi connectivity index (χ4n) is 3.14. The molecule has 22 heavy (non-hydrogen) atoms. The average molecular weight is 324 g/mol. The highest BCUT2D eigenvalue weighted by atomic mass is 32.1. The normalized spacial score (nSPS) is 22.6. The molecule has 3 rings (SSSR count). The number of rotatable bonds is 4. The molecule has 1 saturated heterocycles. The summed E-state index contributed by atoms with van der Waals surface area (Å²) in [5.74, 6) is -0.0193. The molecule has 0 aromatic carbocycles. The number of urea groups is 1. The van der Waals surface area contributed by atoms with Crippen LogP contribution in [0.3, 0.4) is 0 Å². The molecule has 1 aliphatic heterocycles. The van der Waals surface area contributed by atoms with Crippen molar-refractivity contribution in [3.63, 3.8) is 0 Å². The molecule has 2 amide bonds. The summed E-state index contributed by atoms with van der Waals surface area (Å²) in [5, 5.41) is 10.2. The molecule has 0 radical (unpaired) electrons. The van der Waals surface area contributed by atoms with Crippen molar-refractivity contribution in [2.24, 2.45) is 0 Å². The Bertz CT molecular complexity index is 476. The van der Waals surface area contributed by atoms with Crippen LogP contribution in [0.1, 0.15) is 44.1 Å². The Kier molecular flexibility index (Phi) is 5.00. The number of thiophene rings is 1. The second kappa shape index (κ2) is 6.98. The predicted molar refractivity (Wildman–Crippen MR) is 86.2 cm³/mol. The number of amides is 2. The summed E-state index contributed by atoms with van der Waals surface area (Å²) in [7, 11) is 0. The summed E-state index contributed by atoms with van der Waals surface area (Å²) >= 11 is 1.69. The van der Waals surface area contributed by atoms with Gasteiger partial charge in [-0.3, -0.25) is 0 Å². The quantitative estimate of drug-likeness (QED) is 0.895. The molecule has 1 aliphatic carbocycles. The van der Waals surface area contributed by atoms with E-state index >= 15 is 0 Å². The predicted octanol–water partition coefficient (Wildman–Crippen LogP) is 2.84. The van der Waals surface area contributed by atoms with E-state index in [0.29, 0.717) is 25.7 Å². The SMILES string of the molecule is C[C@@H](CNC(=O)NC1CCC2(CC1)OCCO2)c1ccsc1. The number of hydrogen-bond acceptors (Lipinski definition) is 4. The third kappa shape index (κ3) is 3.80. The van der Waals surface area contributed by atoms with Gasteiger partial charge in [-0.1, -0.05) is 6.92 Å². The first-order valence-electron chi connectivity index (χ1n) is 8.01. The van der Waals surface area contributed by atoms with Gasteiger partial charge >= 0.3 is 6.03 Å². The van der Waals surface area contributed by atoms with Crippen LogP contribution in [0.4, 0.5) is 4.79 Å². The van der Waals surface area contributed by atoms with Crippen molar-refractivity contribution >= 4 is 17.4 Å². The Morgan fingerprint density at radius 2 is 2.14 bits per heavy atom. The zero-order chi connectivity index (χ0) is 15.4. The Morgan fingerprint density at radius 1 is 1.41 bits per heavy atom. The lowest BCUT2D eigenvalue weighted by atomic mass is 9.90. The van der Waals surface area contributed by atoms with Crippen LogP contribution in [0.15, 0.2) is 16.8 Å². The molecule has 0 unspecified atom stereocenters. The van der Waals surface area contributed by atoms with Crippen LogP contribution >= 0.6 is 11.3 Å². The van der Waals surface area contributed by atoms with Crippen molar-refractivity contribution in [1.82, 2.24) is 10.6 Å². The van der Waals surface area contributed by atoms with Crippen LogP contribution in [0.5, 0.6) is 0 Å². The van der Waals surface area contributed by atoms with Crippen molar-refractivity contribution in [3.8, 4) is 0 Å². The highest BCUT2D eigenvalue weighted by molar-refractivity contribution is 7.07. The third-order valence-electron chi connectivity index (χ3n) is 4.58. The van der Waals surface area contributed by atoms with E-state index in [4.69, 9.17) is 9.47 Å². The summed E-state index contributed by atoms with van der Waals surface area (Å²) in [6, 6.07) is 2.25. The van der Waals surface area contributed by atoms with Gasteiger partial charge in [-0.2, -0.15) is 11.3 Å². The minimum Gasteiger partial charge on any atom is -0.348 e. The lowest BCUT2D eigenvalue weighted by molar-refractivity contribution is -0.179. The number of carbonyl (C=O) groups excluding carboxylic acids is 1. The Balaban J connectivity index is 1.37. The summed E-state index contributed by atoms with van der Waals surface area (Å²) in [5.41, 5.74) is 1.28. The monoisotopic (exact) mass is 324 g/mol. The lowest BCUT2D eigenvalue weighted by Crippen LogP contribution is -2.47. The van der Waals surface area contributed by atoms with Gasteiger partial charge in [-0.25, -0.2) is 4.79 Å². The average Bonchev–Trinajstić information content (AvgIpc) is 3.20. The Morgan fingerprint density at radius 3 is 2.77 bits per heavy atom. The molecule has 1 saturated carbocycles. The Hall–Kier alpha value is -1.11. The molecule has 6 heteroatoms. The molecular formula is C16H24N2O3S. The van der Waals surface area contributed by atoms with Crippen molar-refractivity contribution < 1.29 is 14.3 Å². The smallest absolute Gasteiger partial charge is 0.315 e. The highest BCUT2D eigenvalue weighted by Crippen LogP contribution is 2.35. The molecule has 122 valence electrons. The van der Waals surface area contributed by atoms with Gasteiger partial charge in [-0.15, -0.1) is 0 Å². The second-order valence-electron chi connectivity index (χ2n) is 6.19. The van der Waals surface area contributed by atoms with Gasteiger partial charge in [0.05, 0.1) is 13.2 Å². The topological polar surface area (TPSA) is 59.6 Å². The first kappa shape index (κ1) is 15.8. The number of hydrogen-bond donors (Lipinski definition) is 2. The van der Waals surface area contributed by atoms with Gasteiger partial charge in [0.15, 0.2) is 5.79 Å². The Labute approximate surface area is 135 Å². The van der Waals surface area contributed by atoms with Gasteiger partial charge in [0, 0.05) is 25.4 Å². The molecule has 1 spiro atoms. The summed E-state index contributed by atoms with van der Waals surface area (Å²) < 4.78 is 11.4. The van der Waals surface area contributed by atoms with E-state index < -0.39 is 0 Å². The van der Waals surface area contributed by atoms with E-state index in [1.165, 1.54) is 5.56 Å². The van der Waals surface area contributed by atoms with E-state index in [-0.39, 0.29) is 17.9 Å². The zero-order valence-corrected chi connectivity index (χ0v) is 13.8. The van der Waals surface area contributed by atoms with Crippen LogP contribution in [0, 0.1) is 0 Å². The number of carbonyl (C=O) groups is 1. The van der Waals surface area contributed by atoms with Gasteiger partial charge in [0.2, 0.25) is 0 Å². The van der Waals surface area contributed by atoms with Gasteiger partial charge in [0.1, 0.15) is 0 Å². The molecule has 2 aliphatic rings. The molecule has 2 N–H and O–H groups in total. The largest absolute Gasteiger partial charge is 0.348 e. The van der Waals surface area contributed by atoms with E-state index in [1.807, 2.05) is 0 Å². The molecule has 5 nitrogen and oxygen atoms in total. The van der Waals surface area contributed by atoms with Crippen LogP contribution in [0.25, 0.3) is 0 Å². The van der Waals surface area contributed by atoms with Crippen molar-refractivity contribution in [2.45, 2.75) is 50.4 Å². The standard InChI is InChI=1S/C16H24N2O3S/c1-12(13-4-9-22-11-13)10-17-15(19)18-14-2-5-16(6-3-14)20-7-8-21-16/h4,9,11-12,14H,2-3,5-8,10H2,1H3,(H2,17,18,19)/t12-/m0/s1. The number of nitrogens with one attached hydrogen (secondary N) is 2. The van der Waals surface area contributed by atoms with Crippen LogP contribution in [-0.4, -0.2) is 37.6 Å². The maximum atomic E-state index is 12.0. The fourth-order valence-corrected chi connectivity index (χ4v) is 3.93. The number of ether oxygens (including phenoxy) is 2. The van der Waals surface area contributed by atoms with E-state index in [2.05, 4.69) is 34.4 Å². The van der Waals surface area contributed by atoms with Crippen molar-refractivity contribution in [1.29, 1.82) is 0 Å². The van der Waals surface area contributed by atoms with Gasteiger partial charge in [0.25, 0.3) is 0 Å². The van der Waals surface area contributed by atoms with Crippen molar-refractivity contribution in [3.05, 3.63) is 22.4 Å². The molecular weight excluding hydrogens is 300 g/mol. The summed E-state index contributed by atoms with van der Waals surface area (Å²) in [4.78, 5) is 12.0. The highest BCUT2D eigenvalue weighted by Gasteiger charge is 2.40. The second-order valence-corrected chi connectivity index (χ2v) is 6.97. The molecule has 2 fully saturated rings. The summed E-state index contributed by atoms with van der Waals surface area (Å²) in [6.07, 6.45) is 3.55. The minimum atomic E-state index is -0.359. The summed E-state index contributed by atoms with van der Waals surface area (Å²) in [6.45, 7) is 4.17. The first-order valence-corrected chi connectivity index (χ1v) is 8.95. The van der Waals surface area contributed by atoms with Crippen molar-refractivity contribution in [2.75, 3.05) is 19.8 Å². The van der Waals surface area contributed by atoms with E-state index in [1.54, 1.807) is 11.3 Å².